The number of ether oxygens (including phenoxy) is 1. The van der Waals surface area contributed by atoms with Gasteiger partial charge in [0, 0.05) is 53.9 Å². The van der Waals surface area contributed by atoms with Crippen molar-refractivity contribution in [3.63, 3.8) is 0 Å². The number of aromatic nitrogens is 5. The lowest BCUT2D eigenvalue weighted by Crippen LogP contribution is -2.49. The first kappa shape index (κ1) is 22.6. The predicted octanol–water partition coefficient (Wildman–Crippen LogP) is 3.19. The highest BCUT2D eigenvalue weighted by Gasteiger charge is 2.27. The molecule has 1 aliphatic rings. The molecule has 0 bridgehead atoms. The zero-order valence-electron chi connectivity index (χ0n) is 19.2. The fourth-order valence-corrected chi connectivity index (χ4v) is 5.16. The molecule has 1 aliphatic heterocycles. The van der Waals surface area contributed by atoms with Gasteiger partial charge in [-0.25, -0.2) is 9.97 Å². The largest absolute Gasteiger partial charge is 0.598 e. The van der Waals surface area contributed by atoms with Crippen LogP contribution in [0.15, 0.2) is 55.0 Å². The number of rotatable bonds is 7. The molecule has 1 atom stereocenters. The summed E-state index contributed by atoms with van der Waals surface area (Å²) >= 11 is -1.09. The maximum absolute atomic E-state index is 12.8. The van der Waals surface area contributed by atoms with Crippen LogP contribution in [0.2, 0.25) is 0 Å². The van der Waals surface area contributed by atoms with Gasteiger partial charge in [0.25, 0.3) is 0 Å². The molecule has 1 N–H and O–H groups in total. The van der Waals surface area contributed by atoms with E-state index in [1.54, 1.807) is 12.4 Å². The van der Waals surface area contributed by atoms with Gasteiger partial charge in [-0.1, -0.05) is 6.07 Å². The first-order valence-corrected chi connectivity index (χ1v) is 12.6. The lowest BCUT2D eigenvalue weighted by molar-refractivity contribution is 0.233. The molecule has 176 valence electrons. The Labute approximate surface area is 201 Å². The Kier molecular flexibility index (Phi) is 6.61. The van der Waals surface area contributed by atoms with Crippen LogP contribution in [0.3, 0.4) is 0 Å². The number of aromatic amines is 1. The van der Waals surface area contributed by atoms with Crippen LogP contribution in [-0.2, 0) is 17.1 Å². The first-order chi connectivity index (χ1) is 16.6. The monoisotopic (exact) mass is 477 g/mol. The van der Waals surface area contributed by atoms with Gasteiger partial charge in [0.05, 0.1) is 36.6 Å². The van der Waals surface area contributed by atoms with E-state index in [-0.39, 0.29) is 6.10 Å². The van der Waals surface area contributed by atoms with Crippen LogP contribution in [0.5, 0.6) is 5.88 Å². The van der Waals surface area contributed by atoms with E-state index in [1.165, 1.54) is 0 Å². The maximum Gasteiger partial charge on any atom is 0.214 e. The van der Waals surface area contributed by atoms with Crippen molar-refractivity contribution in [1.29, 1.82) is 0 Å². The van der Waals surface area contributed by atoms with Gasteiger partial charge in [0.15, 0.2) is 5.75 Å². The Bertz CT molecular complexity index is 1240. The number of piperazine rings is 1. The second kappa shape index (κ2) is 9.96. The molecule has 0 amide bonds. The number of H-pyrrole nitrogens is 1. The van der Waals surface area contributed by atoms with Crippen molar-refractivity contribution >= 4 is 28.1 Å². The van der Waals surface area contributed by atoms with Gasteiger partial charge in [-0.3, -0.25) is 10.1 Å². The summed E-state index contributed by atoms with van der Waals surface area (Å²) in [6.07, 6.45) is 5.34. The number of fused-ring (bicyclic) bond motifs is 1. The normalized spacial score (nSPS) is 15.7. The summed E-state index contributed by atoms with van der Waals surface area (Å²) < 4.78 is 20.5. The number of pyridine rings is 3. The van der Waals surface area contributed by atoms with E-state index in [1.807, 2.05) is 54.7 Å². The van der Waals surface area contributed by atoms with Crippen LogP contribution in [0.4, 0.5) is 5.82 Å². The SMILES string of the molecule is CC(C)Oc1cc2c(-c3ccnc(N4CCN([S+]([O-])Cc5ccccn5)CC4)c3)n[nH]c2cn1. The minimum atomic E-state index is -1.09. The standard InChI is InChI=1S/C24H27N7O2S/c1-17(2)33-23-14-20-21(15-27-23)28-29-24(20)18-6-8-26-22(13-18)30-9-11-31(12-10-30)34(32)16-19-5-3-4-7-25-19/h3-8,13-15,17H,9-12,16H2,1-2H3,(H,28,29). The van der Waals surface area contributed by atoms with Crippen molar-refractivity contribution in [1.82, 2.24) is 29.5 Å². The molecule has 1 saturated heterocycles. The van der Waals surface area contributed by atoms with Crippen LogP contribution in [0, 0.1) is 0 Å². The third-order valence-corrected chi connectivity index (χ3v) is 7.13. The summed E-state index contributed by atoms with van der Waals surface area (Å²) in [5.74, 6) is 1.91. The molecule has 9 nitrogen and oxygen atoms in total. The fraction of sp³-hybridized carbons (Fsp3) is 0.333. The van der Waals surface area contributed by atoms with E-state index in [0.29, 0.717) is 24.7 Å². The zero-order valence-corrected chi connectivity index (χ0v) is 20.0. The highest BCUT2D eigenvalue weighted by molar-refractivity contribution is 7.88. The quantitative estimate of drug-likeness (QED) is 0.405. The molecular weight excluding hydrogens is 450 g/mol. The Hall–Kier alpha value is -3.21. The molecule has 5 rings (SSSR count). The van der Waals surface area contributed by atoms with E-state index in [9.17, 15) is 4.55 Å². The first-order valence-electron chi connectivity index (χ1n) is 11.3. The van der Waals surface area contributed by atoms with Crippen molar-refractivity contribution in [2.45, 2.75) is 25.7 Å². The Morgan fingerprint density at radius 1 is 1.06 bits per heavy atom. The van der Waals surface area contributed by atoms with Gasteiger partial charge in [-0.15, -0.1) is 4.31 Å². The molecule has 4 aromatic heterocycles. The average Bonchev–Trinajstić information content (AvgIpc) is 3.28. The maximum atomic E-state index is 12.8. The molecule has 0 saturated carbocycles. The molecule has 4 aromatic rings. The minimum Gasteiger partial charge on any atom is -0.598 e. The summed E-state index contributed by atoms with van der Waals surface area (Å²) in [7, 11) is 0. The Balaban J connectivity index is 1.29. The zero-order chi connectivity index (χ0) is 23.5. The summed E-state index contributed by atoms with van der Waals surface area (Å²) in [6.45, 7) is 6.87. The van der Waals surface area contributed by atoms with Crippen molar-refractivity contribution in [2.75, 3.05) is 31.1 Å². The molecule has 1 unspecified atom stereocenters. The summed E-state index contributed by atoms with van der Waals surface area (Å²) in [6, 6.07) is 11.6. The second-order valence-corrected chi connectivity index (χ2v) is 9.86. The molecule has 0 spiro atoms. The van der Waals surface area contributed by atoms with Gasteiger partial charge < -0.3 is 14.2 Å². The van der Waals surface area contributed by atoms with E-state index in [2.05, 4.69) is 36.1 Å². The smallest absolute Gasteiger partial charge is 0.214 e. The van der Waals surface area contributed by atoms with Gasteiger partial charge in [0.1, 0.15) is 11.5 Å². The Morgan fingerprint density at radius 2 is 1.91 bits per heavy atom. The third kappa shape index (κ3) is 4.98. The number of nitrogens with one attached hydrogen (secondary N) is 1. The van der Waals surface area contributed by atoms with E-state index >= 15 is 0 Å². The molecule has 10 heteroatoms. The number of nitrogens with zero attached hydrogens (tertiary/aromatic N) is 6. The lowest BCUT2D eigenvalue weighted by atomic mass is 10.1. The molecule has 0 aromatic carbocycles. The van der Waals surface area contributed by atoms with Gasteiger partial charge in [-0.05, 0) is 38.1 Å². The topological polar surface area (TPSA) is 106 Å². The van der Waals surface area contributed by atoms with Crippen LogP contribution in [0.25, 0.3) is 22.2 Å². The predicted molar refractivity (Wildman–Crippen MR) is 133 cm³/mol. The van der Waals surface area contributed by atoms with Gasteiger partial charge in [-0.2, -0.15) is 5.10 Å². The third-order valence-electron chi connectivity index (χ3n) is 5.65. The lowest BCUT2D eigenvalue weighted by Gasteiger charge is -2.35. The van der Waals surface area contributed by atoms with E-state index in [0.717, 1.165) is 46.8 Å². The molecule has 1 fully saturated rings. The van der Waals surface area contributed by atoms with Crippen LogP contribution >= 0.6 is 0 Å². The van der Waals surface area contributed by atoms with E-state index in [4.69, 9.17) is 4.74 Å². The number of hydrogen-bond acceptors (Lipinski definition) is 8. The van der Waals surface area contributed by atoms with Crippen LogP contribution in [-0.4, -0.2) is 66.3 Å². The molecule has 0 aliphatic carbocycles. The molecule has 0 radical (unpaired) electrons. The van der Waals surface area contributed by atoms with Crippen molar-refractivity contribution in [3.05, 3.63) is 60.7 Å². The molecule has 34 heavy (non-hydrogen) atoms. The van der Waals surface area contributed by atoms with E-state index < -0.39 is 11.4 Å². The van der Waals surface area contributed by atoms with Gasteiger partial charge >= 0.3 is 0 Å². The molecular formula is C24H27N7O2S. The fourth-order valence-electron chi connectivity index (χ4n) is 3.98. The molecule has 5 heterocycles. The van der Waals surface area contributed by atoms with Crippen LogP contribution in [0.1, 0.15) is 19.5 Å². The van der Waals surface area contributed by atoms with Gasteiger partial charge in [0.2, 0.25) is 5.88 Å². The Morgan fingerprint density at radius 3 is 2.68 bits per heavy atom. The van der Waals surface area contributed by atoms with Crippen molar-refractivity contribution in [3.8, 4) is 17.1 Å². The summed E-state index contributed by atoms with van der Waals surface area (Å²) in [5.41, 5.74) is 3.51. The number of anilines is 1. The summed E-state index contributed by atoms with van der Waals surface area (Å²) in [5, 5.41) is 8.54. The van der Waals surface area contributed by atoms with Crippen LogP contribution < -0.4 is 9.64 Å². The van der Waals surface area contributed by atoms with Crippen molar-refractivity contribution in [2.24, 2.45) is 0 Å². The highest BCUT2D eigenvalue weighted by atomic mass is 32.2. The number of hydrogen-bond donors (Lipinski definition) is 1. The average molecular weight is 478 g/mol. The summed E-state index contributed by atoms with van der Waals surface area (Å²) in [4.78, 5) is 15.5. The second-order valence-electron chi connectivity index (χ2n) is 8.41. The minimum absolute atomic E-state index is 0.0461. The highest BCUT2D eigenvalue weighted by Crippen LogP contribution is 2.30. The van der Waals surface area contributed by atoms with Crippen molar-refractivity contribution < 1.29 is 9.29 Å².